The molecule has 2 atom stereocenters. The number of hydrogen-bond donors (Lipinski definition) is 2. The lowest BCUT2D eigenvalue weighted by Crippen LogP contribution is -2.36. The summed E-state index contributed by atoms with van der Waals surface area (Å²) in [6.45, 7) is 2.03. The van der Waals surface area contributed by atoms with Gasteiger partial charge in [-0.05, 0) is 66.8 Å². The van der Waals surface area contributed by atoms with Gasteiger partial charge in [0.25, 0.3) is 0 Å². The van der Waals surface area contributed by atoms with Crippen molar-refractivity contribution in [3.8, 4) is 23.0 Å². The lowest BCUT2D eigenvalue weighted by Gasteiger charge is -2.36. The summed E-state index contributed by atoms with van der Waals surface area (Å²) in [5.74, 6) is 0.354. The second-order valence-corrected chi connectivity index (χ2v) is 10.0. The van der Waals surface area contributed by atoms with Crippen LogP contribution in [-0.4, -0.2) is 44.3 Å². The fourth-order valence-electron chi connectivity index (χ4n) is 5.52. The molecule has 3 aromatic carbocycles. The summed E-state index contributed by atoms with van der Waals surface area (Å²) in [7, 11) is 3.08. The first-order valence-electron chi connectivity index (χ1n) is 13.5. The number of carbonyl (C=O) groups excluding carboxylic acids is 2. The van der Waals surface area contributed by atoms with Gasteiger partial charge in [-0.25, -0.2) is 4.79 Å². The van der Waals surface area contributed by atoms with E-state index in [1.807, 2.05) is 61.5 Å². The summed E-state index contributed by atoms with van der Waals surface area (Å²) in [5, 5.41) is 13.6. The summed E-state index contributed by atoms with van der Waals surface area (Å²) in [5.41, 5.74) is 3.95. The van der Waals surface area contributed by atoms with Crippen molar-refractivity contribution in [1.29, 1.82) is 0 Å². The third kappa shape index (κ3) is 5.91. The number of nitrogens with one attached hydrogen (secondary N) is 1. The molecule has 0 spiro atoms. The molecule has 8 nitrogen and oxygen atoms in total. The molecule has 2 N–H and O–H groups in total. The molecule has 0 amide bonds. The summed E-state index contributed by atoms with van der Waals surface area (Å²) in [4.78, 5) is 27.4. The zero-order valence-electron chi connectivity index (χ0n) is 23.3. The van der Waals surface area contributed by atoms with Gasteiger partial charge in [0.2, 0.25) is 0 Å². The molecule has 1 aliphatic carbocycles. The molecule has 0 saturated heterocycles. The number of Topliss-reactive ketones (excluding diaryl/α,β-unsaturated/α-hetero) is 1. The fraction of sp³-hybridized carbons (Fsp3) is 0.273. The van der Waals surface area contributed by atoms with Crippen LogP contribution in [0.15, 0.2) is 95.3 Å². The van der Waals surface area contributed by atoms with Crippen molar-refractivity contribution in [3.63, 3.8) is 0 Å². The third-order valence-electron chi connectivity index (χ3n) is 7.50. The van der Waals surface area contributed by atoms with Crippen LogP contribution < -0.4 is 19.5 Å². The first-order valence-corrected chi connectivity index (χ1v) is 13.5. The van der Waals surface area contributed by atoms with Gasteiger partial charge in [0.05, 0.1) is 19.8 Å². The first-order chi connectivity index (χ1) is 19.9. The largest absolute Gasteiger partial charge is 0.504 e. The standard InChI is InChI=1S/C33H33NO7/c1-20-30(33(37)41-16-15-40-25-7-5-4-6-8-25)31(22-11-14-27(35)29(19-22)39-3)32-26(34-20)17-23(18-28(32)36)21-9-12-24(38-2)13-10-21/h4-14,19,23,31,34-35H,15-18H2,1-3H3/t23-,31-/m0/s1. The monoisotopic (exact) mass is 555 g/mol. The van der Waals surface area contributed by atoms with Crippen LogP contribution in [0.25, 0.3) is 0 Å². The van der Waals surface area contributed by atoms with Crippen LogP contribution >= 0.6 is 0 Å². The fourth-order valence-corrected chi connectivity index (χ4v) is 5.52. The summed E-state index contributed by atoms with van der Waals surface area (Å²) in [6, 6.07) is 21.9. The van der Waals surface area contributed by atoms with Gasteiger partial charge in [-0.15, -0.1) is 0 Å². The highest BCUT2D eigenvalue weighted by Gasteiger charge is 2.41. The highest BCUT2D eigenvalue weighted by molar-refractivity contribution is 6.04. The number of methoxy groups -OCH3 is 2. The number of phenolic OH excluding ortho intramolecular Hbond substituents is 1. The number of ketones is 1. The van der Waals surface area contributed by atoms with E-state index in [1.54, 1.807) is 19.2 Å². The highest BCUT2D eigenvalue weighted by Crippen LogP contribution is 2.47. The van der Waals surface area contributed by atoms with Crippen LogP contribution in [0, 0.1) is 0 Å². The second-order valence-electron chi connectivity index (χ2n) is 10.0. The highest BCUT2D eigenvalue weighted by atomic mass is 16.6. The van der Waals surface area contributed by atoms with Crippen molar-refractivity contribution >= 4 is 11.8 Å². The van der Waals surface area contributed by atoms with E-state index in [1.165, 1.54) is 13.2 Å². The van der Waals surface area contributed by atoms with Crippen LogP contribution in [0.1, 0.15) is 42.7 Å². The Hall–Kier alpha value is -4.72. The van der Waals surface area contributed by atoms with Gasteiger partial charge >= 0.3 is 5.97 Å². The van der Waals surface area contributed by atoms with E-state index in [4.69, 9.17) is 18.9 Å². The number of hydrogen-bond acceptors (Lipinski definition) is 8. The number of aromatic hydroxyl groups is 1. The van der Waals surface area contributed by atoms with E-state index in [9.17, 15) is 14.7 Å². The van der Waals surface area contributed by atoms with Crippen LogP contribution in [-0.2, 0) is 14.3 Å². The molecule has 1 heterocycles. The Kier molecular flexibility index (Phi) is 8.29. The Balaban J connectivity index is 1.44. The number of carbonyl (C=O) groups is 2. The maximum Gasteiger partial charge on any atom is 0.336 e. The van der Waals surface area contributed by atoms with E-state index in [-0.39, 0.29) is 36.4 Å². The van der Waals surface area contributed by atoms with Crippen LogP contribution in [0.2, 0.25) is 0 Å². The Morgan fingerprint density at radius 2 is 1.63 bits per heavy atom. The smallest absolute Gasteiger partial charge is 0.336 e. The minimum Gasteiger partial charge on any atom is -0.504 e. The van der Waals surface area contributed by atoms with E-state index in [0.29, 0.717) is 41.0 Å². The average molecular weight is 556 g/mol. The van der Waals surface area contributed by atoms with Gasteiger partial charge in [-0.3, -0.25) is 4.79 Å². The molecule has 5 rings (SSSR count). The second kappa shape index (κ2) is 12.2. The number of benzene rings is 3. The lowest BCUT2D eigenvalue weighted by molar-refractivity contribution is -0.140. The zero-order valence-corrected chi connectivity index (χ0v) is 23.3. The van der Waals surface area contributed by atoms with Crippen molar-refractivity contribution < 1.29 is 33.6 Å². The molecular weight excluding hydrogens is 522 g/mol. The van der Waals surface area contributed by atoms with Crippen molar-refractivity contribution in [2.75, 3.05) is 27.4 Å². The van der Waals surface area contributed by atoms with Crippen LogP contribution in [0.4, 0.5) is 0 Å². The molecule has 1 aliphatic heterocycles. The topological polar surface area (TPSA) is 103 Å². The average Bonchev–Trinajstić information content (AvgIpc) is 2.99. The van der Waals surface area contributed by atoms with Crippen molar-refractivity contribution in [2.45, 2.75) is 31.6 Å². The van der Waals surface area contributed by atoms with E-state index >= 15 is 0 Å². The maximum atomic E-state index is 13.8. The van der Waals surface area contributed by atoms with Gasteiger partial charge in [0.15, 0.2) is 17.3 Å². The number of allylic oxidation sites excluding steroid dienone is 3. The number of para-hydroxylation sites is 1. The summed E-state index contributed by atoms with van der Waals surface area (Å²) >= 11 is 0. The van der Waals surface area contributed by atoms with Gasteiger partial charge in [-0.2, -0.15) is 0 Å². The molecular formula is C33H33NO7. The molecule has 0 saturated carbocycles. The molecule has 212 valence electrons. The van der Waals surface area contributed by atoms with Crippen LogP contribution in [0.5, 0.6) is 23.0 Å². The zero-order chi connectivity index (χ0) is 28.9. The van der Waals surface area contributed by atoms with Gasteiger partial charge in [-0.1, -0.05) is 36.4 Å². The molecule has 2 aliphatic rings. The van der Waals surface area contributed by atoms with Crippen LogP contribution in [0.3, 0.4) is 0 Å². The number of dihydropyridines is 1. The predicted molar refractivity (Wildman–Crippen MR) is 153 cm³/mol. The maximum absolute atomic E-state index is 13.8. The molecule has 0 unspecified atom stereocenters. The van der Waals surface area contributed by atoms with Gasteiger partial charge in [0, 0.05) is 29.3 Å². The quantitative estimate of drug-likeness (QED) is 0.268. The Bertz CT molecular complexity index is 1490. The van der Waals surface area contributed by atoms with E-state index < -0.39 is 11.9 Å². The molecule has 41 heavy (non-hydrogen) atoms. The minimum atomic E-state index is -0.687. The number of rotatable bonds is 9. The van der Waals surface area contributed by atoms with Gasteiger partial charge in [0.1, 0.15) is 24.7 Å². The van der Waals surface area contributed by atoms with Gasteiger partial charge < -0.3 is 29.4 Å². The van der Waals surface area contributed by atoms with Crippen molar-refractivity contribution in [1.82, 2.24) is 5.32 Å². The molecule has 8 heteroatoms. The molecule has 0 aromatic heterocycles. The van der Waals surface area contributed by atoms with E-state index in [2.05, 4.69) is 5.32 Å². The molecule has 0 fully saturated rings. The number of ether oxygens (including phenoxy) is 4. The van der Waals surface area contributed by atoms with Crippen molar-refractivity contribution in [2.24, 2.45) is 0 Å². The molecule has 0 bridgehead atoms. The Morgan fingerprint density at radius 3 is 2.34 bits per heavy atom. The summed E-state index contributed by atoms with van der Waals surface area (Å²) in [6.07, 6.45) is 0.897. The molecule has 0 radical (unpaired) electrons. The lowest BCUT2D eigenvalue weighted by atomic mass is 9.71. The number of phenols is 1. The minimum absolute atomic E-state index is 0.0221. The third-order valence-corrected chi connectivity index (χ3v) is 7.50. The SMILES string of the molecule is COc1ccc([C@@H]2CC(=O)C3=C(C2)NC(C)=C(C(=O)OCCOc2ccccc2)[C@@H]3c2ccc(O)c(OC)c2)cc1. The first kappa shape index (κ1) is 27.8. The normalized spacial score (nSPS) is 18.4. The number of esters is 1. The predicted octanol–water partition coefficient (Wildman–Crippen LogP) is 5.39. The van der Waals surface area contributed by atoms with Crippen molar-refractivity contribution in [3.05, 3.63) is 106 Å². The molecule has 3 aromatic rings. The Morgan fingerprint density at radius 1 is 0.902 bits per heavy atom. The summed E-state index contributed by atoms with van der Waals surface area (Å²) < 4.78 is 22.0. The van der Waals surface area contributed by atoms with E-state index in [0.717, 1.165) is 17.0 Å². The Labute approximate surface area is 239 Å².